The second-order valence-electron chi connectivity index (χ2n) is 5.48. The number of benzene rings is 2. The lowest BCUT2D eigenvalue weighted by Gasteiger charge is -2.27. The van der Waals surface area contributed by atoms with Crippen LogP contribution in [-0.2, 0) is 0 Å². The summed E-state index contributed by atoms with van der Waals surface area (Å²) < 4.78 is 16.3. The van der Waals surface area contributed by atoms with Gasteiger partial charge in [-0.25, -0.2) is 0 Å². The summed E-state index contributed by atoms with van der Waals surface area (Å²) in [6, 6.07) is 13.8. The van der Waals surface area contributed by atoms with Crippen molar-refractivity contribution in [3.63, 3.8) is 0 Å². The van der Waals surface area contributed by atoms with Crippen LogP contribution in [0.3, 0.4) is 0 Å². The number of hydrogen-bond donors (Lipinski definition) is 2. The molecule has 0 bridgehead atoms. The first-order chi connectivity index (χ1) is 12.2. The summed E-state index contributed by atoms with van der Waals surface area (Å²) in [5.74, 6) is 1.79. The Morgan fingerprint density at radius 1 is 0.920 bits per heavy atom. The normalized spacial score (nSPS) is 16.4. The van der Waals surface area contributed by atoms with Crippen LogP contribution in [-0.4, -0.2) is 26.4 Å². The molecule has 2 aromatic carbocycles. The fourth-order valence-corrected chi connectivity index (χ4v) is 3.03. The van der Waals surface area contributed by atoms with Gasteiger partial charge in [-0.05, 0) is 41.6 Å². The van der Waals surface area contributed by atoms with Crippen LogP contribution >= 0.6 is 12.2 Å². The third-order valence-corrected chi connectivity index (χ3v) is 4.22. The largest absolute Gasteiger partial charge is 0.493 e. The van der Waals surface area contributed by atoms with Gasteiger partial charge in [-0.15, -0.1) is 0 Å². The fraction of sp³-hybridized carbons (Fsp3) is 0.211. The van der Waals surface area contributed by atoms with Crippen LogP contribution in [0.15, 0.2) is 48.5 Å². The molecule has 1 atom stereocenters. The lowest BCUT2D eigenvalue weighted by molar-refractivity contribution is 0.323. The van der Waals surface area contributed by atoms with Crippen LogP contribution in [0.1, 0.15) is 17.2 Å². The smallest absolute Gasteiger partial charge is 0.203 e. The summed E-state index contributed by atoms with van der Waals surface area (Å²) in [4.78, 5) is 0. The number of ether oxygens (including phenoxy) is 3. The highest BCUT2D eigenvalue weighted by Crippen LogP contribution is 2.40. The Balaban J connectivity index is 2.04. The minimum absolute atomic E-state index is 0.113. The Kier molecular flexibility index (Phi) is 5.09. The number of hydrogen-bond acceptors (Lipinski definition) is 4. The van der Waals surface area contributed by atoms with Crippen molar-refractivity contribution in [2.75, 3.05) is 21.3 Å². The van der Waals surface area contributed by atoms with Crippen molar-refractivity contribution in [2.45, 2.75) is 6.04 Å². The Hall–Kier alpha value is -2.73. The van der Waals surface area contributed by atoms with Gasteiger partial charge < -0.3 is 24.8 Å². The highest BCUT2D eigenvalue weighted by atomic mass is 32.1. The van der Waals surface area contributed by atoms with Crippen LogP contribution in [0.4, 0.5) is 0 Å². The number of methoxy groups -OCH3 is 3. The molecule has 0 saturated heterocycles. The van der Waals surface area contributed by atoms with E-state index in [0.29, 0.717) is 22.4 Å². The van der Waals surface area contributed by atoms with E-state index in [1.54, 1.807) is 21.3 Å². The maximum Gasteiger partial charge on any atom is 0.203 e. The average Bonchev–Trinajstić information content (AvgIpc) is 2.66. The summed E-state index contributed by atoms with van der Waals surface area (Å²) in [7, 11) is 4.80. The molecule has 3 rings (SSSR count). The van der Waals surface area contributed by atoms with Crippen molar-refractivity contribution >= 4 is 23.0 Å². The molecule has 1 heterocycles. The molecule has 0 aromatic heterocycles. The van der Waals surface area contributed by atoms with E-state index in [1.807, 2.05) is 42.5 Å². The Morgan fingerprint density at radius 3 is 2.12 bits per heavy atom. The van der Waals surface area contributed by atoms with Gasteiger partial charge in [0.2, 0.25) is 5.75 Å². The van der Waals surface area contributed by atoms with Crippen LogP contribution in [0.5, 0.6) is 17.2 Å². The first-order valence-electron chi connectivity index (χ1n) is 7.81. The van der Waals surface area contributed by atoms with E-state index in [-0.39, 0.29) is 6.04 Å². The molecule has 1 aliphatic heterocycles. The predicted octanol–water partition coefficient (Wildman–Crippen LogP) is 3.27. The lowest BCUT2D eigenvalue weighted by atomic mass is 10.0. The predicted molar refractivity (Wildman–Crippen MR) is 102 cm³/mol. The Morgan fingerprint density at radius 2 is 1.56 bits per heavy atom. The van der Waals surface area contributed by atoms with E-state index in [0.717, 1.165) is 16.8 Å². The Labute approximate surface area is 152 Å². The number of rotatable bonds is 5. The molecule has 1 unspecified atom stereocenters. The fourth-order valence-electron chi connectivity index (χ4n) is 2.80. The standard InChI is InChI=1S/C19H20N2O3S/c1-22-16-9-13(10-17(23-2)18(16)24-3)15-11-14(20-19(25)21-15)12-7-5-4-6-8-12/h4-11,15H,1-3H3,(H2,20,21,25). The third-order valence-electron chi connectivity index (χ3n) is 4.00. The monoisotopic (exact) mass is 356 g/mol. The van der Waals surface area contributed by atoms with Gasteiger partial charge in [-0.1, -0.05) is 30.3 Å². The van der Waals surface area contributed by atoms with Crippen LogP contribution < -0.4 is 24.8 Å². The van der Waals surface area contributed by atoms with Gasteiger partial charge >= 0.3 is 0 Å². The molecule has 1 aliphatic rings. The molecular weight excluding hydrogens is 336 g/mol. The summed E-state index contributed by atoms with van der Waals surface area (Å²) in [6.45, 7) is 0. The lowest BCUT2D eigenvalue weighted by Crippen LogP contribution is -2.40. The quantitative estimate of drug-likeness (QED) is 0.802. The molecule has 0 aliphatic carbocycles. The van der Waals surface area contributed by atoms with Crippen molar-refractivity contribution in [2.24, 2.45) is 0 Å². The number of thiocarbonyl (C=S) groups is 1. The van der Waals surface area contributed by atoms with E-state index in [2.05, 4.69) is 16.7 Å². The maximum absolute atomic E-state index is 5.45. The topological polar surface area (TPSA) is 51.8 Å². The minimum Gasteiger partial charge on any atom is -0.493 e. The molecular formula is C19H20N2O3S. The van der Waals surface area contributed by atoms with Crippen LogP contribution in [0, 0.1) is 0 Å². The molecule has 130 valence electrons. The zero-order chi connectivity index (χ0) is 17.8. The summed E-state index contributed by atoms with van der Waals surface area (Å²) in [5, 5.41) is 7.04. The first-order valence-corrected chi connectivity index (χ1v) is 8.21. The van der Waals surface area contributed by atoms with Crippen LogP contribution in [0.2, 0.25) is 0 Å². The molecule has 2 N–H and O–H groups in total. The molecule has 0 fully saturated rings. The van der Waals surface area contributed by atoms with Gasteiger partial charge in [-0.2, -0.15) is 0 Å². The highest BCUT2D eigenvalue weighted by molar-refractivity contribution is 7.80. The summed E-state index contributed by atoms with van der Waals surface area (Å²) in [5.41, 5.74) is 3.00. The second kappa shape index (κ2) is 7.44. The zero-order valence-corrected chi connectivity index (χ0v) is 15.1. The molecule has 5 nitrogen and oxygen atoms in total. The molecule has 0 radical (unpaired) electrons. The van der Waals surface area contributed by atoms with Crippen molar-refractivity contribution < 1.29 is 14.2 Å². The van der Waals surface area contributed by atoms with Crippen molar-refractivity contribution in [3.8, 4) is 17.2 Å². The molecule has 6 heteroatoms. The van der Waals surface area contributed by atoms with Crippen molar-refractivity contribution in [1.29, 1.82) is 0 Å². The second-order valence-corrected chi connectivity index (χ2v) is 5.89. The van der Waals surface area contributed by atoms with Gasteiger partial charge in [0.05, 0.1) is 27.4 Å². The van der Waals surface area contributed by atoms with E-state index in [4.69, 9.17) is 26.4 Å². The van der Waals surface area contributed by atoms with Gasteiger partial charge in [0, 0.05) is 5.70 Å². The highest BCUT2D eigenvalue weighted by Gasteiger charge is 2.22. The van der Waals surface area contributed by atoms with Gasteiger partial charge in [0.15, 0.2) is 16.6 Å². The van der Waals surface area contributed by atoms with E-state index in [1.165, 1.54) is 0 Å². The average molecular weight is 356 g/mol. The van der Waals surface area contributed by atoms with E-state index in [9.17, 15) is 0 Å². The molecule has 2 aromatic rings. The van der Waals surface area contributed by atoms with Crippen LogP contribution in [0.25, 0.3) is 5.70 Å². The minimum atomic E-state index is -0.113. The third kappa shape index (κ3) is 3.53. The van der Waals surface area contributed by atoms with Crippen molar-refractivity contribution in [1.82, 2.24) is 10.6 Å². The Bertz CT molecular complexity index is 781. The van der Waals surface area contributed by atoms with E-state index >= 15 is 0 Å². The van der Waals surface area contributed by atoms with Gasteiger partial charge in [0.25, 0.3) is 0 Å². The first kappa shape index (κ1) is 17.1. The molecule has 0 amide bonds. The molecule has 0 spiro atoms. The zero-order valence-electron chi connectivity index (χ0n) is 14.3. The summed E-state index contributed by atoms with van der Waals surface area (Å²) in [6.07, 6.45) is 2.09. The van der Waals surface area contributed by atoms with Gasteiger partial charge in [0.1, 0.15) is 0 Å². The number of nitrogens with one attached hydrogen (secondary N) is 2. The van der Waals surface area contributed by atoms with Gasteiger partial charge in [-0.3, -0.25) is 0 Å². The SMILES string of the molecule is COc1cc(C2C=C(c3ccccc3)NC(=S)N2)cc(OC)c1OC. The summed E-state index contributed by atoms with van der Waals surface area (Å²) >= 11 is 5.38. The molecule has 0 saturated carbocycles. The van der Waals surface area contributed by atoms with Crippen molar-refractivity contribution in [3.05, 3.63) is 59.7 Å². The maximum atomic E-state index is 5.45. The van der Waals surface area contributed by atoms with E-state index < -0.39 is 0 Å². The molecule has 25 heavy (non-hydrogen) atoms.